The Labute approximate surface area is 203 Å². The van der Waals surface area contributed by atoms with Gasteiger partial charge in [-0.3, -0.25) is 19.7 Å². The van der Waals surface area contributed by atoms with Crippen LogP contribution in [0, 0.1) is 22.0 Å². The number of rotatable bonds is 6. The minimum atomic E-state index is -6.08. The largest absolute Gasteiger partial charge is 0.466 e. The lowest BCUT2D eigenvalue weighted by Crippen LogP contribution is -2.81. The van der Waals surface area contributed by atoms with Crippen molar-refractivity contribution >= 4 is 29.2 Å². The number of nitrogens with zero attached hydrogens (tertiary/aromatic N) is 1. The molecule has 0 saturated carbocycles. The molecule has 0 radical (unpaired) electrons. The standard InChI is InChI=1S/C19H19ClF6N2O8/c1-3-35-14(29)12-11(8-5-6-9(20)10(7-8)28(33)34)13(15(30)36-4-2)17(32,19(24,25)26)27-16(12,31)18(21,22)23/h5-7,11-13,27,31-32H,3-4H2,1-2H3/t11?,12-,13+,16+,17-. The fourth-order valence-corrected chi connectivity index (χ4v) is 4.20. The molecule has 1 aliphatic rings. The molecule has 1 aliphatic heterocycles. The second-order valence-corrected chi connectivity index (χ2v) is 8.01. The van der Waals surface area contributed by atoms with Gasteiger partial charge in [0.15, 0.2) is 0 Å². The highest BCUT2D eigenvalue weighted by Gasteiger charge is 2.78. The van der Waals surface area contributed by atoms with Crippen molar-refractivity contribution in [3.8, 4) is 0 Å². The first kappa shape index (κ1) is 29.5. The molecule has 1 aromatic rings. The predicted octanol–water partition coefficient (Wildman–Crippen LogP) is 2.80. The highest BCUT2D eigenvalue weighted by Crippen LogP contribution is 2.56. The quantitative estimate of drug-likeness (QED) is 0.210. The molecule has 1 heterocycles. The zero-order chi connectivity index (χ0) is 27.9. The van der Waals surface area contributed by atoms with Gasteiger partial charge in [-0.1, -0.05) is 17.7 Å². The number of benzene rings is 1. The molecule has 1 saturated heterocycles. The summed E-state index contributed by atoms with van der Waals surface area (Å²) in [6.07, 6.45) is -12.2. The number of ether oxygens (including phenoxy) is 2. The van der Waals surface area contributed by atoms with E-state index in [9.17, 15) is 56.3 Å². The van der Waals surface area contributed by atoms with E-state index in [1.165, 1.54) is 0 Å². The van der Waals surface area contributed by atoms with Crippen LogP contribution in [0.25, 0.3) is 0 Å². The van der Waals surface area contributed by atoms with Gasteiger partial charge in [0.1, 0.15) is 16.9 Å². The molecule has 5 atom stereocenters. The summed E-state index contributed by atoms with van der Waals surface area (Å²) in [7, 11) is 0. The van der Waals surface area contributed by atoms with Crippen LogP contribution in [0.4, 0.5) is 32.0 Å². The SMILES string of the molecule is CCOC(=O)[C@@H]1C(c2ccc(Cl)c([N+](=O)[O-])c2)[C@H](C(=O)OCC)[C@](O)(C(F)(F)F)N[C@]1(O)C(F)(F)F. The Hall–Kier alpha value is -2.69. The van der Waals surface area contributed by atoms with Crippen molar-refractivity contribution in [2.24, 2.45) is 11.8 Å². The van der Waals surface area contributed by atoms with Crippen LogP contribution in [-0.2, 0) is 19.1 Å². The monoisotopic (exact) mass is 552 g/mol. The smallest absolute Gasteiger partial charge is 0.432 e. The van der Waals surface area contributed by atoms with Crippen LogP contribution in [0.5, 0.6) is 0 Å². The maximum absolute atomic E-state index is 14.1. The number of carbonyl (C=O) groups excluding carboxylic acids is 2. The summed E-state index contributed by atoms with van der Waals surface area (Å²) >= 11 is 5.69. The van der Waals surface area contributed by atoms with Crippen molar-refractivity contribution in [2.45, 2.75) is 43.6 Å². The number of halogens is 7. The molecular weight excluding hydrogens is 534 g/mol. The van der Waals surface area contributed by atoms with Crippen molar-refractivity contribution < 1.29 is 60.5 Å². The fourth-order valence-electron chi connectivity index (χ4n) is 4.01. The zero-order valence-corrected chi connectivity index (χ0v) is 19.1. The summed E-state index contributed by atoms with van der Waals surface area (Å²) in [6, 6.07) is 1.85. The Balaban J connectivity index is 3.06. The Bertz CT molecular complexity index is 990. The van der Waals surface area contributed by atoms with Crippen molar-refractivity contribution in [3.63, 3.8) is 0 Å². The summed E-state index contributed by atoms with van der Waals surface area (Å²) in [5, 5.41) is 32.5. The average Bonchev–Trinajstić information content (AvgIpc) is 2.72. The number of carbonyl (C=O) groups is 2. The van der Waals surface area contributed by atoms with Gasteiger partial charge >= 0.3 is 24.3 Å². The van der Waals surface area contributed by atoms with Gasteiger partial charge in [0.05, 0.1) is 18.1 Å². The van der Waals surface area contributed by atoms with E-state index in [0.29, 0.717) is 17.4 Å². The lowest BCUT2D eigenvalue weighted by Gasteiger charge is -2.54. The normalized spacial score (nSPS) is 28.9. The Morgan fingerprint density at radius 2 is 1.44 bits per heavy atom. The molecule has 0 aromatic heterocycles. The van der Waals surface area contributed by atoms with Gasteiger partial charge in [-0.15, -0.1) is 0 Å². The highest BCUT2D eigenvalue weighted by atomic mass is 35.5. The van der Waals surface area contributed by atoms with Gasteiger partial charge in [-0.2, -0.15) is 26.3 Å². The molecule has 0 bridgehead atoms. The van der Waals surface area contributed by atoms with E-state index in [-0.39, 0.29) is 0 Å². The molecule has 36 heavy (non-hydrogen) atoms. The van der Waals surface area contributed by atoms with Crippen molar-refractivity contribution in [2.75, 3.05) is 13.2 Å². The molecule has 1 unspecified atom stereocenters. The Morgan fingerprint density at radius 1 is 1.03 bits per heavy atom. The number of nitro benzene ring substituents is 1. The lowest BCUT2D eigenvalue weighted by atomic mass is 9.64. The third kappa shape index (κ3) is 4.94. The predicted molar refractivity (Wildman–Crippen MR) is 106 cm³/mol. The van der Waals surface area contributed by atoms with Crippen LogP contribution in [0.15, 0.2) is 18.2 Å². The van der Waals surface area contributed by atoms with Crippen molar-refractivity contribution in [1.82, 2.24) is 5.32 Å². The minimum absolute atomic E-state index is 0.421. The molecule has 202 valence electrons. The molecule has 0 amide bonds. The van der Waals surface area contributed by atoms with Crippen LogP contribution >= 0.6 is 11.6 Å². The average molecular weight is 553 g/mol. The van der Waals surface area contributed by atoms with Gasteiger partial charge in [0.2, 0.25) is 11.4 Å². The van der Waals surface area contributed by atoms with E-state index in [1.807, 2.05) is 0 Å². The summed E-state index contributed by atoms with van der Waals surface area (Å²) < 4.78 is 93.7. The number of hydrogen-bond donors (Lipinski definition) is 3. The second kappa shape index (κ2) is 9.99. The van der Waals surface area contributed by atoms with Crippen LogP contribution in [0.2, 0.25) is 5.02 Å². The molecule has 3 N–H and O–H groups in total. The first-order chi connectivity index (χ1) is 16.4. The van der Waals surface area contributed by atoms with Crippen LogP contribution in [0.3, 0.4) is 0 Å². The fraction of sp³-hybridized carbons (Fsp3) is 0.579. The molecule has 0 aliphatic carbocycles. The maximum Gasteiger partial charge on any atom is 0.432 e. The number of nitro groups is 1. The van der Waals surface area contributed by atoms with Gasteiger partial charge in [0, 0.05) is 12.0 Å². The molecule has 1 fully saturated rings. The van der Waals surface area contributed by atoms with Crippen LogP contribution < -0.4 is 5.32 Å². The first-order valence-corrected chi connectivity index (χ1v) is 10.4. The molecule has 2 rings (SSSR count). The molecule has 10 nitrogen and oxygen atoms in total. The molecule has 0 spiro atoms. The number of nitrogens with one attached hydrogen (secondary N) is 1. The first-order valence-electron chi connectivity index (χ1n) is 10.0. The summed E-state index contributed by atoms with van der Waals surface area (Å²) in [4.78, 5) is 35.6. The van der Waals surface area contributed by atoms with E-state index in [4.69, 9.17) is 11.6 Å². The molecular formula is C19H19ClF6N2O8. The second-order valence-electron chi connectivity index (χ2n) is 7.61. The number of piperidine rings is 1. The van der Waals surface area contributed by atoms with Crippen molar-refractivity contribution in [3.05, 3.63) is 38.9 Å². The van der Waals surface area contributed by atoms with Gasteiger partial charge in [-0.05, 0) is 25.5 Å². The van der Waals surface area contributed by atoms with E-state index < -0.39 is 87.9 Å². The van der Waals surface area contributed by atoms with Crippen LogP contribution in [0.1, 0.15) is 25.3 Å². The van der Waals surface area contributed by atoms with E-state index in [2.05, 4.69) is 9.47 Å². The number of alkyl halides is 6. The topological polar surface area (TPSA) is 148 Å². The Morgan fingerprint density at radius 3 is 1.78 bits per heavy atom. The van der Waals surface area contributed by atoms with E-state index >= 15 is 0 Å². The third-order valence-electron chi connectivity index (χ3n) is 5.50. The molecule has 1 aromatic carbocycles. The van der Waals surface area contributed by atoms with Gasteiger partial charge in [0.25, 0.3) is 5.69 Å². The van der Waals surface area contributed by atoms with E-state index in [0.717, 1.165) is 19.9 Å². The summed E-state index contributed by atoms with van der Waals surface area (Å²) in [5.74, 6) is -12.7. The number of esters is 2. The van der Waals surface area contributed by atoms with E-state index in [1.54, 1.807) is 0 Å². The zero-order valence-electron chi connectivity index (χ0n) is 18.3. The summed E-state index contributed by atoms with van der Waals surface area (Å²) in [5.41, 5.74) is -11.5. The summed E-state index contributed by atoms with van der Waals surface area (Å²) in [6.45, 7) is 1.06. The minimum Gasteiger partial charge on any atom is -0.466 e. The van der Waals surface area contributed by atoms with Crippen molar-refractivity contribution in [1.29, 1.82) is 0 Å². The number of hydrogen-bond acceptors (Lipinski definition) is 9. The van der Waals surface area contributed by atoms with Crippen LogP contribution in [-0.4, -0.2) is 64.1 Å². The van der Waals surface area contributed by atoms with Gasteiger partial charge in [-0.25, -0.2) is 5.32 Å². The third-order valence-corrected chi connectivity index (χ3v) is 5.82. The Kier molecular flexibility index (Phi) is 8.20. The number of aliphatic hydroxyl groups is 2. The molecule has 17 heteroatoms. The maximum atomic E-state index is 14.1. The van der Waals surface area contributed by atoms with Gasteiger partial charge < -0.3 is 19.7 Å². The lowest BCUT2D eigenvalue weighted by molar-refractivity contribution is -0.385. The highest BCUT2D eigenvalue weighted by molar-refractivity contribution is 6.32.